The number of amides is 1. The number of aromatic carboxylic acids is 1. The van der Waals surface area contributed by atoms with E-state index < -0.39 is 27.1 Å². The van der Waals surface area contributed by atoms with Crippen LogP contribution in [0.4, 0.5) is 0 Å². The lowest BCUT2D eigenvalue weighted by atomic mass is 10.3. The smallest absolute Gasteiger partial charge is 0.356 e. The Morgan fingerprint density at radius 2 is 2.00 bits per heavy atom. The van der Waals surface area contributed by atoms with Crippen molar-refractivity contribution in [1.82, 2.24) is 19.6 Å². The molecule has 1 aliphatic rings. The van der Waals surface area contributed by atoms with E-state index in [2.05, 4.69) is 14.7 Å². The average molecular weight is 328 g/mol. The third-order valence-corrected chi connectivity index (χ3v) is 5.26. The first kappa shape index (κ1) is 16.3. The molecule has 22 heavy (non-hydrogen) atoms. The maximum atomic E-state index is 12.2. The Morgan fingerprint density at radius 1 is 1.36 bits per heavy atom. The van der Waals surface area contributed by atoms with E-state index in [0.717, 1.165) is 12.4 Å². The predicted molar refractivity (Wildman–Crippen MR) is 75.9 cm³/mol. The fraction of sp³-hybridized carbons (Fsp3) is 0.500. The molecule has 0 spiro atoms. The molecule has 1 saturated heterocycles. The van der Waals surface area contributed by atoms with Gasteiger partial charge in [0.2, 0.25) is 10.0 Å². The molecule has 2 rings (SSSR count). The van der Waals surface area contributed by atoms with Gasteiger partial charge in [0.25, 0.3) is 5.91 Å². The number of nitrogens with one attached hydrogen (secondary N) is 1. The zero-order chi connectivity index (χ0) is 16.3. The minimum atomic E-state index is -3.43. The summed E-state index contributed by atoms with van der Waals surface area (Å²) >= 11 is 0. The molecule has 10 heteroatoms. The number of carboxylic acid groups (broad SMARTS) is 1. The molecule has 1 amide bonds. The maximum Gasteiger partial charge on any atom is 0.356 e. The summed E-state index contributed by atoms with van der Waals surface area (Å²) in [6.07, 6.45) is 2.43. The van der Waals surface area contributed by atoms with Crippen LogP contribution in [-0.2, 0) is 10.0 Å². The molecule has 0 saturated carbocycles. The highest BCUT2D eigenvalue weighted by Gasteiger charge is 2.35. The van der Waals surface area contributed by atoms with Gasteiger partial charge in [-0.15, -0.1) is 0 Å². The molecule has 1 aliphatic heterocycles. The summed E-state index contributed by atoms with van der Waals surface area (Å²) in [5.74, 6) is -1.69. The lowest BCUT2D eigenvalue weighted by Gasteiger charge is -2.16. The van der Waals surface area contributed by atoms with E-state index in [0.29, 0.717) is 19.5 Å². The molecule has 2 heterocycles. The van der Waals surface area contributed by atoms with Gasteiger partial charge in [-0.05, 0) is 6.42 Å². The molecule has 9 nitrogen and oxygen atoms in total. The van der Waals surface area contributed by atoms with E-state index in [-0.39, 0.29) is 17.9 Å². The van der Waals surface area contributed by atoms with Crippen LogP contribution in [0.15, 0.2) is 12.4 Å². The van der Waals surface area contributed by atoms with Gasteiger partial charge in [0.1, 0.15) is 5.69 Å². The number of aromatic nitrogens is 2. The molecular formula is C12H16N4O5S. The van der Waals surface area contributed by atoms with Crippen LogP contribution in [0.1, 0.15) is 34.3 Å². The molecule has 0 aromatic carbocycles. The second-order valence-corrected chi connectivity index (χ2v) is 6.84. The highest BCUT2D eigenvalue weighted by atomic mass is 32.2. The predicted octanol–water partition coefficient (Wildman–Crippen LogP) is -0.671. The Hall–Kier alpha value is -2.07. The van der Waals surface area contributed by atoms with E-state index in [1.807, 2.05) is 0 Å². The molecule has 0 aliphatic carbocycles. The number of likely N-dealkylation sites (tertiary alicyclic amines) is 1. The van der Waals surface area contributed by atoms with Crippen molar-refractivity contribution >= 4 is 21.9 Å². The molecule has 1 unspecified atom stereocenters. The van der Waals surface area contributed by atoms with Crippen molar-refractivity contribution in [3.05, 3.63) is 23.8 Å². The van der Waals surface area contributed by atoms with Crippen molar-refractivity contribution in [1.29, 1.82) is 0 Å². The van der Waals surface area contributed by atoms with Gasteiger partial charge in [0.15, 0.2) is 5.69 Å². The van der Waals surface area contributed by atoms with E-state index in [1.54, 1.807) is 6.92 Å². The third kappa shape index (κ3) is 3.39. The zero-order valence-corrected chi connectivity index (χ0v) is 12.7. The molecule has 1 fully saturated rings. The van der Waals surface area contributed by atoms with Gasteiger partial charge in [-0.3, -0.25) is 4.79 Å². The van der Waals surface area contributed by atoms with Crippen molar-refractivity contribution in [2.24, 2.45) is 0 Å². The van der Waals surface area contributed by atoms with Crippen LogP contribution >= 0.6 is 0 Å². The van der Waals surface area contributed by atoms with Crippen molar-refractivity contribution in [3.8, 4) is 0 Å². The molecule has 1 atom stereocenters. The number of carboxylic acids is 1. The number of hydrogen-bond acceptors (Lipinski definition) is 6. The Bertz CT molecular complexity index is 673. The lowest BCUT2D eigenvalue weighted by Crippen LogP contribution is -2.37. The molecular weight excluding hydrogens is 312 g/mol. The normalized spacial score (nSPS) is 18.4. The summed E-state index contributed by atoms with van der Waals surface area (Å²) in [7, 11) is -3.43. The zero-order valence-electron chi connectivity index (χ0n) is 11.9. The van der Waals surface area contributed by atoms with E-state index >= 15 is 0 Å². The van der Waals surface area contributed by atoms with Gasteiger partial charge in [-0.25, -0.2) is 27.9 Å². The van der Waals surface area contributed by atoms with Crippen molar-refractivity contribution in [2.75, 3.05) is 19.6 Å². The Kier molecular flexibility index (Phi) is 4.71. The van der Waals surface area contributed by atoms with Crippen molar-refractivity contribution in [3.63, 3.8) is 0 Å². The number of carbonyl (C=O) groups excluding carboxylic acids is 1. The summed E-state index contributed by atoms with van der Waals surface area (Å²) in [6, 6.07) is 0. The highest BCUT2D eigenvalue weighted by Crippen LogP contribution is 2.18. The first-order valence-electron chi connectivity index (χ1n) is 6.68. The van der Waals surface area contributed by atoms with Gasteiger partial charge < -0.3 is 10.0 Å². The molecule has 0 bridgehead atoms. The minimum absolute atomic E-state index is 0.00787. The first-order valence-corrected chi connectivity index (χ1v) is 8.23. The van der Waals surface area contributed by atoms with Gasteiger partial charge >= 0.3 is 5.97 Å². The summed E-state index contributed by atoms with van der Waals surface area (Å²) in [5, 5.41) is 8.08. The summed E-state index contributed by atoms with van der Waals surface area (Å²) < 4.78 is 26.3. The van der Waals surface area contributed by atoms with Crippen molar-refractivity contribution in [2.45, 2.75) is 18.6 Å². The second-order valence-electron chi connectivity index (χ2n) is 4.80. The number of carbonyl (C=O) groups is 2. The third-order valence-electron chi connectivity index (χ3n) is 3.31. The van der Waals surface area contributed by atoms with Crippen molar-refractivity contribution < 1.29 is 23.1 Å². The quantitative estimate of drug-likeness (QED) is 0.733. The van der Waals surface area contributed by atoms with Gasteiger partial charge in [0.05, 0.1) is 17.6 Å². The molecule has 2 N–H and O–H groups in total. The Balaban J connectivity index is 2.07. The SMILES string of the molecule is CCNS(=O)(=O)C1CCN(C(=O)c2cnc(C(=O)O)cn2)C1. The van der Waals surface area contributed by atoms with Gasteiger partial charge in [-0.2, -0.15) is 0 Å². The molecule has 0 radical (unpaired) electrons. The molecule has 1 aromatic rings. The first-order chi connectivity index (χ1) is 10.3. The number of sulfonamides is 1. The molecule has 120 valence electrons. The van der Waals surface area contributed by atoms with Crippen LogP contribution in [-0.4, -0.2) is 65.2 Å². The van der Waals surface area contributed by atoms with E-state index in [1.165, 1.54) is 4.90 Å². The fourth-order valence-electron chi connectivity index (χ4n) is 2.20. The number of rotatable bonds is 5. The second kappa shape index (κ2) is 6.36. The monoisotopic (exact) mass is 328 g/mol. The lowest BCUT2D eigenvalue weighted by molar-refractivity contribution is 0.0687. The van der Waals surface area contributed by atoms with Crippen LogP contribution < -0.4 is 4.72 Å². The Labute approximate surface area is 127 Å². The van der Waals surface area contributed by atoms with Crippen LogP contribution in [0.5, 0.6) is 0 Å². The maximum absolute atomic E-state index is 12.2. The van der Waals surface area contributed by atoms with Crippen LogP contribution in [0.3, 0.4) is 0 Å². The topological polar surface area (TPSA) is 130 Å². The Morgan fingerprint density at radius 3 is 2.55 bits per heavy atom. The fourth-order valence-corrected chi connectivity index (χ4v) is 3.63. The van der Waals surface area contributed by atoms with Gasteiger partial charge in [-0.1, -0.05) is 6.92 Å². The minimum Gasteiger partial charge on any atom is -0.476 e. The number of nitrogens with zero attached hydrogens (tertiary/aromatic N) is 3. The average Bonchev–Trinajstić information content (AvgIpc) is 2.97. The van der Waals surface area contributed by atoms with Crippen LogP contribution in [0, 0.1) is 0 Å². The van der Waals surface area contributed by atoms with E-state index in [4.69, 9.17) is 5.11 Å². The largest absolute Gasteiger partial charge is 0.476 e. The van der Waals surface area contributed by atoms with Crippen LogP contribution in [0.25, 0.3) is 0 Å². The van der Waals surface area contributed by atoms with Crippen LogP contribution in [0.2, 0.25) is 0 Å². The number of hydrogen-bond donors (Lipinski definition) is 2. The van der Waals surface area contributed by atoms with Gasteiger partial charge in [0, 0.05) is 19.6 Å². The highest BCUT2D eigenvalue weighted by molar-refractivity contribution is 7.90. The summed E-state index contributed by atoms with van der Waals surface area (Å²) in [6.45, 7) is 2.37. The standard InChI is InChI=1S/C12H16N4O5S/c1-2-15-22(20,21)8-3-4-16(7-8)11(17)9-5-14-10(6-13-9)12(18)19/h5-6,8,15H,2-4,7H2,1H3,(H,18,19). The van der Waals surface area contributed by atoms with E-state index in [9.17, 15) is 18.0 Å². The summed E-state index contributed by atoms with van der Waals surface area (Å²) in [5.41, 5.74) is -0.267. The molecule has 1 aromatic heterocycles. The summed E-state index contributed by atoms with van der Waals surface area (Å²) in [4.78, 5) is 31.7.